The highest BCUT2D eigenvalue weighted by Crippen LogP contribution is 2.49. The summed E-state index contributed by atoms with van der Waals surface area (Å²) in [7, 11) is 0. The molecular weight excluding hydrogens is 148 g/mol. The molecule has 70 valence electrons. The van der Waals surface area contributed by atoms with E-state index < -0.39 is 0 Å². The van der Waals surface area contributed by atoms with Crippen LogP contribution < -0.4 is 0 Å². The Bertz CT molecular complexity index is 164. The summed E-state index contributed by atoms with van der Waals surface area (Å²) >= 11 is 0. The van der Waals surface area contributed by atoms with Gasteiger partial charge >= 0.3 is 0 Å². The summed E-state index contributed by atoms with van der Waals surface area (Å²) in [5, 5.41) is 9.96. The van der Waals surface area contributed by atoms with Gasteiger partial charge in [0.1, 0.15) is 0 Å². The predicted molar refractivity (Wildman–Crippen MR) is 49.9 cm³/mol. The van der Waals surface area contributed by atoms with Crippen LogP contribution in [0.5, 0.6) is 0 Å². The fourth-order valence-electron chi connectivity index (χ4n) is 3.23. The van der Waals surface area contributed by atoms with Crippen molar-refractivity contribution in [3.05, 3.63) is 0 Å². The van der Waals surface area contributed by atoms with Crippen molar-refractivity contribution in [1.82, 2.24) is 0 Å². The molecule has 1 N–H and O–H groups in total. The van der Waals surface area contributed by atoms with Gasteiger partial charge in [-0.05, 0) is 37.0 Å². The predicted octanol–water partition coefficient (Wildman–Crippen LogP) is 2.73. The first-order chi connectivity index (χ1) is 5.73. The highest BCUT2D eigenvalue weighted by molar-refractivity contribution is 4.94. The second-order valence-electron chi connectivity index (χ2n) is 4.90. The van der Waals surface area contributed by atoms with Gasteiger partial charge in [-0.15, -0.1) is 0 Å². The molecule has 0 aromatic heterocycles. The molecule has 12 heavy (non-hydrogen) atoms. The van der Waals surface area contributed by atoms with Crippen molar-refractivity contribution in [1.29, 1.82) is 0 Å². The topological polar surface area (TPSA) is 20.2 Å². The maximum atomic E-state index is 9.96. The third-order valence-corrected chi connectivity index (χ3v) is 4.24. The molecule has 0 saturated heterocycles. The Labute approximate surface area is 75.2 Å². The molecule has 1 nitrogen and oxygen atoms in total. The molecule has 0 radical (unpaired) electrons. The van der Waals surface area contributed by atoms with E-state index in [-0.39, 0.29) is 11.5 Å². The van der Waals surface area contributed by atoms with Crippen LogP contribution in [0.2, 0.25) is 0 Å². The molecule has 3 atom stereocenters. The van der Waals surface area contributed by atoms with Crippen molar-refractivity contribution in [3.63, 3.8) is 0 Å². The number of fused-ring (bicyclic) bond motifs is 1. The summed E-state index contributed by atoms with van der Waals surface area (Å²) in [6, 6.07) is 0. The molecule has 0 heterocycles. The number of hydrogen-bond acceptors (Lipinski definition) is 1. The standard InChI is InChI=1S/C11H20O/c1-11-8-3-2-5-9(11)6-4-7-10(11)12/h9-10,12H,2-8H2,1H3/t9?,10-,11+/m0/s1. The molecule has 2 fully saturated rings. The molecule has 2 aliphatic rings. The average Bonchev–Trinajstić information content (AvgIpc) is 2.07. The minimum absolute atomic E-state index is 0.00319. The lowest BCUT2D eigenvalue weighted by Crippen LogP contribution is -2.44. The summed E-state index contributed by atoms with van der Waals surface area (Å²) < 4.78 is 0. The van der Waals surface area contributed by atoms with Gasteiger partial charge in [0.15, 0.2) is 0 Å². The zero-order valence-corrected chi connectivity index (χ0v) is 8.05. The zero-order chi connectivity index (χ0) is 8.60. The third-order valence-electron chi connectivity index (χ3n) is 4.24. The second kappa shape index (κ2) is 3.02. The van der Waals surface area contributed by atoms with Crippen LogP contribution in [0.3, 0.4) is 0 Å². The summed E-state index contributed by atoms with van der Waals surface area (Å²) in [6.07, 6.45) is 9.03. The first kappa shape index (κ1) is 8.55. The zero-order valence-electron chi connectivity index (χ0n) is 8.05. The number of rotatable bonds is 0. The lowest BCUT2D eigenvalue weighted by Gasteiger charge is -2.48. The van der Waals surface area contributed by atoms with Crippen LogP contribution in [0.1, 0.15) is 51.9 Å². The Morgan fingerprint density at radius 3 is 2.58 bits per heavy atom. The largest absolute Gasteiger partial charge is 0.393 e. The summed E-state index contributed by atoms with van der Waals surface area (Å²) in [5.41, 5.74) is 0.288. The maximum absolute atomic E-state index is 9.96. The van der Waals surface area contributed by atoms with Crippen molar-refractivity contribution in [2.45, 2.75) is 58.0 Å². The summed E-state index contributed by atoms with van der Waals surface area (Å²) in [5.74, 6) is 0.829. The van der Waals surface area contributed by atoms with Gasteiger partial charge < -0.3 is 5.11 Å². The molecule has 2 aliphatic carbocycles. The Morgan fingerprint density at radius 1 is 1.08 bits per heavy atom. The smallest absolute Gasteiger partial charge is 0.0596 e. The Hall–Kier alpha value is -0.0400. The Balaban J connectivity index is 2.14. The van der Waals surface area contributed by atoms with Crippen LogP contribution in [0.15, 0.2) is 0 Å². The van der Waals surface area contributed by atoms with Crippen LogP contribution >= 0.6 is 0 Å². The van der Waals surface area contributed by atoms with Crippen LogP contribution in [0.4, 0.5) is 0 Å². The van der Waals surface area contributed by atoms with E-state index in [4.69, 9.17) is 0 Å². The molecule has 1 unspecified atom stereocenters. The van der Waals surface area contributed by atoms with Gasteiger partial charge in [-0.3, -0.25) is 0 Å². The van der Waals surface area contributed by atoms with Crippen molar-refractivity contribution < 1.29 is 5.11 Å². The van der Waals surface area contributed by atoms with Crippen LogP contribution in [0.25, 0.3) is 0 Å². The fourth-order valence-corrected chi connectivity index (χ4v) is 3.23. The lowest BCUT2D eigenvalue weighted by atomic mass is 9.59. The minimum atomic E-state index is -0.00319. The molecule has 0 aliphatic heterocycles. The molecule has 2 rings (SSSR count). The number of hydrogen-bond donors (Lipinski definition) is 1. The third kappa shape index (κ3) is 1.19. The summed E-state index contributed by atoms with van der Waals surface area (Å²) in [4.78, 5) is 0. The Morgan fingerprint density at radius 2 is 1.83 bits per heavy atom. The van der Waals surface area contributed by atoms with Gasteiger partial charge in [-0.2, -0.15) is 0 Å². The maximum Gasteiger partial charge on any atom is 0.0596 e. The van der Waals surface area contributed by atoms with Crippen molar-refractivity contribution >= 4 is 0 Å². The van der Waals surface area contributed by atoms with Crippen LogP contribution in [-0.2, 0) is 0 Å². The first-order valence-electron chi connectivity index (χ1n) is 5.41. The van der Waals surface area contributed by atoms with Gasteiger partial charge in [0.25, 0.3) is 0 Å². The first-order valence-corrected chi connectivity index (χ1v) is 5.41. The molecule has 0 amide bonds. The van der Waals surface area contributed by atoms with Crippen molar-refractivity contribution in [2.75, 3.05) is 0 Å². The number of aliphatic hydroxyl groups excluding tert-OH is 1. The molecule has 2 saturated carbocycles. The molecule has 0 aromatic rings. The molecule has 0 spiro atoms. The van der Waals surface area contributed by atoms with Gasteiger partial charge in [0.05, 0.1) is 6.10 Å². The molecule has 0 bridgehead atoms. The lowest BCUT2D eigenvalue weighted by molar-refractivity contribution is -0.0651. The monoisotopic (exact) mass is 168 g/mol. The van der Waals surface area contributed by atoms with E-state index in [9.17, 15) is 5.11 Å². The normalized spacial score (nSPS) is 48.5. The van der Waals surface area contributed by atoms with E-state index in [2.05, 4.69) is 6.92 Å². The fraction of sp³-hybridized carbons (Fsp3) is 1.00. The van der Waals surface area contributed by atoms with Crippen LogP contribution in [-0.4, -0.2) is 11.2 Å². The second-order valence-corrected chi connectivity index (χ2v) is 4.90. The van der Waals surface area contributed by atoms with E-state index >= 15 is 0 Å². The van der Waals surface area contributed by atoms with Crippen molar-refractivity contribution in [2.24, 2.45) is 11.3 Å². The number of aliphatic hydroxyl groups is 1. The summed E-state index contributed by atoms with van der Waals surface area (Å²) in [6.45, 7) is 2.31. The van der Waals surface area contributed by atoms with E-state index in [1.54, 1.807) is 0 Å². The van der Waals surface area contributed by atoms with Gasteiger partial charge in [0, 0.05) is 0 Å². The van der Waals surface area contributed by atoms with E-state index in [0.29, 0.717) is 0 Å². The van der Waals surface area contributed by atoms with E-state index in [1.807, 2.05) is 0 Å². The van der Waals surface area contributed by atoms with Gasteiger partial charge in [0.2, 0.25) is 0 Å². The van der Waals surface area contributed by atoms with E-state index in [1.165, 1.54) is 38.5 Å². The van der Waals surface area contributed by atoms with E-state index in [0.717, 1.165) is 12.3 Å². The highest BCUT2D eigenvalue weighted by atomic mass is 16.3. The molecule has 1 heteroatoms. The van der Waals surface area contributed by atoms with Crippen LogP contribution in [0, 0.1) is 11.3 Å². The molecular formula is C11H20O. The SMILES string of the molecule is C[C@@]12CCCCC1CCC[C@@H]2O. The average molecular weight is 168 g/mol. The van der Waals surface area contributed by atoms with Gasteiger partial charge in [-0.25, -0.2) is 0 Å². The van der Waals surface area contributed by atoms with Crippen molar-refractivity contribution in [3.8, 4) is 0 Å². The quantitative estimate of drug-likeness (QED) is 0.589. The molecule has 0 aromatic carbocycles. The highest BCUT2D eigenvalue weighted by Gasteiger charge is 2.43. The Kier molecular flexibility index (Phi) is 2.16. The van der Waals surface area contributed by atoms with Gasteiger partial charge in [-0.1, -0.05) is 26.2 Å². The minimum Gasteiger partial charge on any atom is -0.393 e.